The Morgan fingerprint density at radius 3 is 2.77 bits per heavy atom. The molecule has 0 spiro atoms. The Balaban J connectivity index is 1.83. The van der Waals surface area contributed by atoms with Gasteiger partial charge in [0, 0.05) is 5.75 Å². The predicted octanol–water partition coefficient (Wildman–Crippen LogP) is 4.27. The summed E-state index contributed by atoms with van der Waals surface area (Å²) in [4.78, 5) is 1.08. The third-order valence-corrected chi connectivity index (χ3v) is 5.75. The van der Waals surface area contributed by atoms with Gasteiger partial charge in [-0.2, -0.15) is 9.78 Å². The van der Waals surface area contributed by atoms with E-state index in [2.05, 4.69) is 31.2 Å². The van der Waals surface area contributed by atoms with E-state index in [-0.39, 0.29) is 5.82 Å². The molecule has 8 heteroatoms. The smallest absolute Gasteiger partial charge is 0.206 e. The molecule has 0 fully saturated rings. The number of hydrogen-bond donors (Lipinski definition) is 0. The number of fused-ring (bicyclic) bond motifs is 1. The topological polar surface area (TPSA) is 43.1 Å². The number of thioether (sulfide) groups is 1. The van der Waals surface area contributed by atoms with E-state index in [0.717, 1.165) is 20.1 Å². The summed E-state index contributed by atoms with van der Waals surface area (Å²) >= 11 is 6.63. The van der Waals surface area contributed by atoms with E-state index in [0.29, 0.717) is 16.5 Å². The van der Waals surface area contributed by atoms with E-state index in [1.165, 1.54) is 6.07 Å². The first-order valence-electron chi connectivity index (χ1n) is 6.39. The van der Waals surface area contributed by atoms with Crippen LogP contribution in [0.2, 0.25) is 0 Å². The summed E-state index contributed by atoms with van der Waals surface area (Å²) < 4.78 is 16.7. The summed E-state index contributed by atoms with van der Waals surface area (Å²) in [5, 5.41) is 13.5. The minimum Gasteiger partial charge on any atom is -0.206 e. The largest absolute Gasteiger partial charge is 0.212 e. The quantitative estimate of drug-likeness (QED) is 0.651. The average Bonchev–Trinajstić information content (AvgIpc) is 3.13. The lowest BCUT2D eigenvalue weighted by Crippen LogP contribution is -2.12. The maximum atomic E-state index is 14.0. The van der Waals surface area contributed by atoms with Gasteiger partial charge >= 0.3 is 0 Å². The van der Waals surface area contributed by atoms with E-state index < -0.39 is 0 Å². The lowest BCUT2D eigenvalue weighted by atomic mass is 10.2. The Morgan fingerprint density at radius 2 is 2.00 bits per heavy atom. The number of rotatable bonds is 2. The van der Waals surface area contributed by atoms with Crippen molar-refractivity contribution in [3.05, 3.63) is 50.9 Å². The fourth-order valence-corrected chi connectivity index (χ4v) is 4.42. The molecule has 2 aromatic heterocycles. The van der Waals surface area contributed by atoms with Gasteiger partial charge in [-0.05, 0) is 40.2 Å². The van der Waals surface area contributed by atoms with Gasteiger partial charge in [-0.25, -0.2) is 4.39 Å². The fraction of sp³-hybridized carbons (Fsp3) is 0.0714. The summed E-state index contributed by atoms with van der Waals surface area (Å²) in [7, 11) is 0. The Morgan fingerprint density at radius 1 is 1.14 bits per heavy atom. The van der Waals surface area contributed by atoms with Crippen molar-refractivity contribution in [1.82, 2.24) is 14.9 Å². The molecule has 1 aliphatic heterocycles. The highest BCUT2D eigenvalue weighted by molar-refractivity contribution is 9.11. The van der Waals surface area contributed by atoms with Crippen molar-refractivity contribution in [3.63, 3.8) is 0 Å². The minimum atomic E-state index is -0.330. The van der Waals surface area contributed by atoms with Crippen molar-refractivity contribution in [3.8, 4) is 11.4 Å². The second kappa shape index (κ2) is 5.60. The molecule has 0 amide bonds. The van der Waals surface area contributed by atoms with E-state index in [1.807, 2.05) is 12.1 Å². The van der Waals surface area contributed by atoms with Gasteiger partial charge in [0.25, 0.3) is 0 Å². The zero-order chi connectivity index (χ0) is 15.1. The highest BCUT2D eigenvalue weighted by atomic mass is 79.9. The second-order valence-electron chi connectivity index (χ2n) is 4.54. The molecule has 1 aliphatic rings. The van der Waals surface area contributed by atoms with Crippen molar-refractivity contribution in [1.29, 1.82) is 0 Å². The van der Waals surface area contributed by atoms with Crippen LogP contribution in [0.15, 0.2) is 50.4 Å². The number of nitrogens with zero attached hydrogens (tertiary/aromatic N) is 4. The van der Waals surface area contributed by atoms with E-state index in [1.54, 1.807) is 46.0 Å². The summed E-state index contributed by atoms with van der Waals surface area (Å²) in [6.07, 6.45) is 0. The molecule has 0 atom stereocenters. The first-order chi connectivity index (χ1) is 10.7. The van der Waals surface area contributed by atoms with Crippen LogP contribution in [-0.4, -0.2) is 26.3 Å². The zero-order valence-corrected chi connectivity index (χ0v) is 14.3. The van der Waals surface area contributed by atoms with Gasteiger partial charge in [0.15, 0.2) is 5.82 Å². The van der Waals surface area contributed by atoms with E-state index in [9.17, 15) is 4.39 Å². The molecule has 0 unspecified atom stereocenters. The van der Waals surface area contributed by atoms with Gasteiger partial charge in [-0.3, -0.25) is 0 Å². The van der Waals surface area contributed by atoms with Gasteiger partial charge in [-0.1, -0.05) is 23.9 Å². The van der Waals surface area contributed by atoms with Crippen molar-refractivity contribution >= 4 is 44.7 Å². The van der Waals surface area contributed by atoms with Crippen LogP contribution in [0.4, 0.5) is 4.39 Å². The molecule has 4 rings (SSSR count). The van der Waals surface area contributed by atoms with Crippen LogP contribution in [0.5, 0.6) is 0 Å². The van der Waals surface area contributed by atoms with Crippen LogP contribution in [0, 0.1) is 5.82 Å². The predicted molar refractivity (Wildman–Crippen MR) is 90.1 cm³/mol. The minimum absolute atomic E-state index is 0.330. The molecule has 3 aromatic rings. The highest BCUT2D eigenvalue weighted by Gasteiger charge is 2.22. The maximum absolute atomic E-state index is 14.0. The molecule has 0 aliphatic carbocycles. The third-order valence-electron chi connectivity index (χ3n) is 3.14. The van der Waals surface area contributed by atoms with E-state index in [4.69, 9.17) is 0 Å². The van der Waals surface area contributed by atoms with E-state index >= 15 is 0 Å². The van der Waals surface area contributed by atoms with Crippen molar-refractivity contribution < 1.29 is 4.39 Å². The van der Waals surface area contributed by atoms with Crippen LogP contribution < -0.4 is 0 Å². The van der Waals surface area contributed by atoms with Crippen LogP contribution in [0.1, 0.15) is 4.88 Å². The van der Waals surface area contributed by atoms with Crippen LogP contribution in [-0.2, 0) is 0 Å². The molecule has 0 radical (unpaired) electrons. The van der Waals surface area contributed by atoms with Gasteiger partial charge in [0.1, 0.15) is 5.82 Å². The molecule has 0 bridgehead atoms. The molecular formula is C14H8BrFN4S2. The van der Waals surface area contributed by atoms with Gasteiger partial charge < -0.3 is 0 Å². The van der Waals surface area contributed by atoms with Crippen molar-refractivity contribution in [2.45, 2.75) is 5.16 Å². The summed E-state index contributed by atoms with van der Waals surface area (Å²) in [6.45, 7) is 0. The maximum Gasteiger partial charge on any atom is 0.212 e. The lowest BCUT2D eigenvalue weighted by Gasteiger charge is -2.12. The van der Waals surface area contributed by atoms with Crippen LogP contribution in [0.25, 0.3) is 11.4 Å². The number of benzene rings is 1. The summed E-state index contributed by atoms with van der Waals surface area (Å²) in [6, 6.07) is 10.5. The number of thiophene rings is 1. The molecule has 110 valence electrons. The molecular weight excluding hydrogens is 387 g/mol. The Labute approximate surface area is 142 Å². The van der Waals surface area contributed by atoms with Gasteiger partial charge in [0.05, 0.1) is 19.9 Å². The Kier molecular flexibility index (Phi) is 3.59. The van der Waals surface area contributed by atoms with Crippen LogP contribution >= 0.6 is 39.0 Å². The fourth-order valence-electron chi connectivity index (χ4n) is 2.13. The molecule has 4 nitrogen and oxygen atoms in total. The standard InChI is InChI=1S/C14H8BrFN4S2/c15-12-6-5-11(22-12)10-7-21-14-18-17-13(20(14)19-10)8-3-1-2-4-9(8)16/h1-6H,7H2. The molecule has 0 saturated carbocycles. The third kappa shape index (κ3) is 2.41. The molecule has 22 heavy (non-hydrogen) atoms. The SMILES string of the molecule is Fc1ccccc1-c1nnc2n1N=C(c1ccc(Br)s1)CS2. The van der Waals surface area contributed by atoms with Crippen LogP contribution in [0.3, 0.4) is 0 Å². The number of aromatic nitrogens is 3. The van der Waals surface area contributed by atoms with Crippen molar-refractivity contribution in [2.75, 3.05) is 5.75 Å². The van der Waals surface area contributed by atoms with Crippen molar-refractivity contribution in [2.24, 2.45) is 5.10 Å². The highest BCUT2D eigenvalue weighted by Crippen LogP contribution is 2.31. The normalized spacial score (nSPS) is 13.8. The Bertz CT molecular complexity index is 887. The lowest BCUT2D eigenvalue weighted by molar-refractivity contribution is 0.627. The molecule has 0 saturated heterocycles. The number of hydrogen-bond acceptors (Lipinski definition) is 5. The molecule has 0 N–H and O–H groups in total. The molecule has 1 aromatic carbocycles. The van der Waals surface area contributed by atoms with Gasteiger partial charge in [-0.15, -0.1) is 21.5 Å². The monoisotopic (exact) mass is 394 g/mol. The summed E-state index contributed by atoms with van der Waals surface area (Å²) in [5.74, 6) is 0.819. The second-order valence-corrected chi connectivity index (χ2v) is 7.94. The first kappa shape index (κ1) is 14.1. The van der Waals surface area contributed by atoms with Gasteiger partial charge in [0.2, 0.25) is 5.16 Å². The first-order valence-corrected chi connectivity index (χ1v) is 8.98. The Hall–Kier alpha value is -1.51. The average molecular weight is 395 g/mol. The zero-order valence-electron chi connectivity index (χ0n) is 11.0. The number of halogens is 2. The molecule has 3 heterocycles. The summed E-state index contributed by atoms with van der Waals surface area (Å²) in [5.41, 5.74) is 1.34.